The Hall–Kier alpha value is -1.69. The molecule has 11 heavy (non-hydrogen) atoms. The zero-order valence-electron chi connectivity index (χ0n) is 4.91. The monoisotopic (exact) mass is 175 g/mol. The first-order chi connectivity index (χ1) is 5.11. The minimum absolute atomic E-state index is 0.274. The van der Waals surface area contributed by atoms with Gasteiger partial charge in [-0.15, -0.1) is 4.91 Å². The lowest BCUT2D eigenvalue weighted by molar-refractivity contribution is -0.485. The van der Waals surface area contributed by atoms with Crippen molar-refractivity contribution in [2.45, 2.75) is 0 Å². The van der Waals surface area contributed by atoms with Crippen LogP contribution < -0.4 is 0 Å². The highest BCUT2D eigenvalue weighted by molar-refractivity contribution is 7.78. The molecule has 0 atom stereocenters. The summed E-state index contributed by atoms with van der Waals surface area (Å²) in [6, 6.07) is 0. The molecule has 0 spiro atoms. The summed E-state index contributed by atoms with van der Waals surface area (Å²) in [6.45, 7) is 0. The predicted octanol–water partition coefficient (Wildman–Crippen LogP) is -0.0716. The average Bonchev–Trinajstić information content (AvgIpc) is 1.98. The van der Waals surface area contributed by atoms with Gasteiger partial charge in [-0.2, -0.15) is 9.57 Å². The van der Waals surface area contributed by atoms with E-state index in [1.807, 2.05) is 0 Å². The third-order valence-corrected chi connectivity index (χ3v) is 0.805. The topological polar surface area (TPSA) is 112 Å². The molecule has 0 N–H and O–H groups in total. The first-order valence-electron chi connectivity index (χ1n) is 2.07. The fourth-order valence-corrected chi connectivity index (χ4v) is 0.294. The van der Waals surface area contributed by atoms with Crippen LogP contribution in [-0.2, 0) is 0 Å². The van der Waals surface area contributed by atoms with Gasteiger partial charge in [-0.25, -0.2) is 10.1 Å². The van der Waals surface area contributed by atoms with Gasteiger partial charge >= 0.3 is 5.96 Å². The molecule has 0 amide bonds. The molecule has 0 heterocycles. The summed E-state index contributed by atoms with van der Waals surface area (Å²) < 4.78 is 0.274. The van der Waals surface area contributed by atoms with Gasteiger partial charge in [0.15, 0.2) is 11.2 Å². The van der Waals surface area contributed by atoms with Crippen LogP contribution in [0.3, 0.4) is 0 Å². The predicted molar refractivity (Wildman–Crippen MR) is 36.7 cm³/mol. The molecule has 0 aromatic carbocycles. The number of nitro groups is 1. The van der Waals surface area contributed by atoms with Gasteiger partial charge in [0.05, 0.1) is 0 Å². The molecule has 0 saturated heterocycles. The van der Waals surface area contributed by atoms with Crippen LogP contribution in [0.15, 0.2) is 10.3 Å². The third-order valence-electron chi connectivity index (χ3n) is 0.537. The number of nitriles is 1. The number of hydrogen-bond donors (Lipinski definition) is 1. The Morgan fingerprint density at radius 2 is 2.36 bits per heavy atom. The van der Waals surface area contributed by atoms with Gasteiger partial charge in [0.1, 0.15) is 5.10 Å². The lowest BCUT2D eigenvalue weighted by atomic mass is 11.0. The quantitative estimate of drug-likeness (QED) is 0.0875. The largest absolute Gasteiger partial charge is 0.360 e. The van der Waals surface area contributed by atoms with Crippen LogP contribution in [0.2, 0.25) is 0 Å². The maximum atomic E-state index is 9.71. The highest BCUT2D eigenvalue weighted by Gasteiger charge is 2.11. The lowest BCUT2D eigenvalue weighted by Crippen LogP contribution is -2.14. The summed E-state index contributed by atoms with van der Waals surface area (Å²) in [5, 5.41) is 21.1. The van der Waals surface area contributed by atoms with E-state index in [4.69, 9.17) is 5.26 Å². The molecule has 0 unspecified atom stereocenters. The van der Waals surface area contributed by atoms with E-state index in [9.17, 15) is 15.0 Å². The lowest BCUT2D eigenvalue weighted by Gasteiger charge is -1.96. The Bertz CT molecular complexity index is 243. The van der Waals surface area contributed by atoms with Crippen LogP contribution in [0.4, 0.5) is 0 Å². The Balaban J connectivity index is 4.55. The molecule has 0 bridgehead atoms. The van der Waals surface area contributed by atoms with Crippen LogP contribution in [0, 0.1) is 26.5 Å². The van der Waals surface area contributed by atoms with Crippen LogP contribution in [0.1, 0.15) is 0 Å². The molecule has 0 aliphatic heterocycles. The smallest absolute Gasteiger partial charge is 0.233 e. The van der Waals surface area contributed by atoms with Crippen molar-refractivity contribution < 1.29 is 5.03 Å². The number of thiol groups is 1. The van der Waals surface area contributed by atoms with E-state index in [1.165, 1.54) is 6.19 Å². The van der Waals surface area contributed by atoms with E-state index in [1.54, 1.807) is 0 Å². The molecule has 0 saturated carbocycles. The van der Waals surface area contributed by atoms with E-state index < -0.39 is 11.0 Å². The molecule has 0 aromatic rings. The van der Waals surface area contributed by atoms with Gasteiger partial charge in [-0.1, -0.05) is 0 Å². The third kappa shape index (κ3) is 3.11. The summed E-state index contributed by atoms with van der Waals surface area (Å²) in [6.07, 6.45) is 1.29. The number of guanidine groups is 1. The van der Waals surface area contributed by atoms with Gasteiger partial charge in [0, 0.05) is 5.18 Å². The molecule has 0 aliphatic carbocycles. The van der Waals surface area contributed by atoms with Crippen molar-refractivity contribution >= 4 is 18.8 Å². The minimum atomic E-state index is -1.16. The second-order valence-electron chi connectivity index (χ2n) is 1.14. The van der Waals surface area contributed by atoms with Gasteiger partial charge in [-0.05, 0) is 12.8 Å². The molecule has 0 aromatic heterocycles. The Morgan fingerprint density at radius 3 is 2.64 bits per heavy atom. The normalized spacial score (nSPS) is 10.0. The van der Waals surface area contributed by atoms with Crippen molar-refractivity contribution in [2.24, 2.45) is 10.3 Å². The van der Waals surface area contributed by atoms with Crippen LogP contribution >= 0.6 is 12.8 Å². The first-order valence-corrected chi connectivity index (χ1v) is 2.47. The second kappa shape index (κ2) is 4.18. The molecular weight excluding hydrogens is 174 g/mol. The summed E-state index contributed by atoms with van der Waals surface area (Å²) in [5.41, 5.74) is 0. The fraction of sp³-hybridized carbons (Fsp3) is 0. The van der Waals surface area contributed by atoms with Gasteiger partial charge < -0.3 is 0 Å². The van der Waals surface area contributed by atoms with Crippen LogP contribution in [0.25, 0.3) is 0 Å². The maximum Gasteiger partial charge on any atom is 0.360 e. The Kier molecular flexibility index (Phi) is 3.54. The summed E-state index contributed by atoms with van der Waals surface area (Å²) in [4.78, 5) is 19.4. The number of nitrogens with zero attached hydrogens (tertiary/aromatic N) is 5. The van der Waals surface area contributed by atoms with E-state index in [-0.39, 0.29) is 4.31 Å². The fourth-order valence-electron chi connectivity index (χ4n) is 0.217. The van der Waals surface area contributed by atoms with Crippen molar-refractivity contribution in [2.75, 3.05) is 0 Å². The van der Waals surface area contributed by atoms with Crippen molar-refractivity contribution in [1.82, 2.24) is 4.31 Å². The molecule has 0 radical (unpaired) electrons. The number of hydrogen-bond acceptors (Lipinski definition) is 5. The summed E-state index contributed by atoms with van der Waals surface area (Å²) in [5.74, 6) is -0.916. The molecule has 0 aliphatic rings. The highest BCUT2D eigenvalue weighted by atomic mass is 32.1. The summed E-state index contributed by atoms with van der Waals surface area (Å²) in [7, 11) is 0. The SMILES string of the molecule is N#CN(S)C(N=O)=N[N+](=O)[O-]. The number of rotatable bonds is 1. The Morgan fingerprint density at radius 1 is 1.82 bits per heavy atom. The second-order valence-corrected chi connectivity index (χ2v) is 1.54. The zero-order valence-corrected chi connectivity index (χ0v) is 5.80. The molecule has 8 nitrogen and oxygen atoms in total. The molecule has 0 rings (SSSR count). The minimum Gasteiger partial charge on any atom is -0.233 e. The Labute approximate surface area is 65.8 Å². The van der Waals surface area contributed by atoms with Gasteiger partial charge in [-0.3, -0.25) is 0 Å². The zero-order chi connectivity index (χ0) is 8.85. The van der Waals surface area contributed by atoms with E-state index in [0.717, 1.165) is 0 Å². The van der Waals surface area contributed by atoms with Crippen molar-refractivity contribution in [3.63, 3.8) is 0 Å². The van der Waals surface area contributed by atoms with Crippen molar-refractivity contribution in [3.8, 4) is 6.19 Å². The van der Waals surface area contributed by atoms with Gasteiger partial charge in [0.2, 0.25) is 0 Å². The van der Waals surface area contributed by atoms with Gasteiger partial charge in [0.25, 0.3) is 0 Å². The van der Waals surface area contributed by atoms with E-state index >= 15 is 0 Å². The van der Waals surface area contributed by atoms with E-state index in [2.05, 4.69) is 23.1 Å². The summed E-state index contributed by atoms with van der Waals surface area (Å²) >= 11 is 3.32. The highest BCUT2D eigenvalue weighted by Crippen LogP contribution is 1.95. The average molecular weight is 175 g/mol. The van der Waals surface area contributed by atoms with Crippen molar-refractivity contribution in [1.29, 1.82) is 5.26 Å². The van der Waals surface area contributed by atoms with Crippen LogP contribution in [0.5, 0.6) is 0 Å². The van der Waals surface area contributed by atoms with Crippen molar-refractivity contribution in [3.05, 3.63) is 15.0 Å². The first kappa shape index (κ1) is 9.31. The molecule has 58 valence electrons. The maximum absolute atomic E-state index is 9.71. The van der Waals surface area contributed by atoms with E-state index in [0.29, 0.717) is 0 Å². The standard InChI is InChI=1S/C2HN5O3S/c3-1-6(11)2(5-8)4-7(9)10/h11H. The number of hydrazone groups is 1. The molecule has 9 heteroatoms. The number of nitroso groups, excluding NO2 is 1. The molecular formula is C2HN5O3S. The van der Waals surface area contributed by atoms with Crippen LogP contribution in [-0.4, -0.2) is 15.3 Å². The molecule has 0 fully saturated rings.